The largest absolute Gasteiger partial charge is 0.481 e. The molecule has 0 heterocycles. The summed E-state index contributed by atoms with van der Waals surface area (Å²) in [5.41, 5.74) is -0.650. The van der Waals surface area contributed by atoms with Crippen LogP contribution in [-0.4, -0.2) is 22.2 Å². The molecule has 0 aromatic heterocycles. The lowest BCUT2D eigenvalue weighted by molar-refractivity contribution is -0.159. The van der Waals surface area contributed by atoms with E-state index in [0.717, 1.165) is 51.4 Å². The Labute approximate surface area is 120 Å². The van der Waals surface area contributed by atoms with E-state index in [-0.39, 0.29) is 18.3 Å². The van der Waals surface area contributed by atoms with Crippen molar-refractivity contribution in [1.29, 1.82) is 0 Å². The first-order chi connectivity index (χ1) is 9.57. The highest BCUT2D eigenvalue weighted by Gasteiger charge is 2.51. The second-order valence-electron chi connectivity index (χ2n) is 6.56. The molecule has 2 saturated carbocycles. The Balaban J connectivity index is 2.18. The molecule has 0 radical (unpaired) electrons. The van der Waals surface area contributed by atoms with Crippen LogP contribution >= 0.6 is 0 Å². The first-order valence-corrected chi connectivity index (χ1v) is 8.02. The minimum atomic E-state index is -0.817. The zero-order valence-corrected chi connectivity index (χ0v) is 12.1. The minimum Gasteiger partial charge on any atom is -0.481 e. The van der Waals surface area contributed by atoms with Crippen molar-refractivity contribution in [2.75, 3.05) is 0 Å². The highest BCUT2D eigenvalue weighted by molar-refractivity contribution is 5.76. The maximum absolute atomic E-state index is 12.1. The summed E-state index contributed by atoms with van der Waals surface area (Å²) in [5, 5.41) is 18.8. The number of hydrogen-bond donors (Lipinski definition) is 2. The maximum Gasteiger partial charge on any atom is 0.310 e. The highest BCUT2D eigenvalue weighted by atomic mass is 16.4. The van der Waals surface area contributed by atoms with Crippen LogP contribution in [0.5, 0.6) is 0 Å². The smallest absolute Gasteiger partial charge is 0.310 e. The third-order valence-electron chi connectivity index (χ3n) is 5.55. The number of carboxylic acid groups (broad SMARTS) is 2. The molecule has 0 amide bonds. The number of carboxylic acids is 2. The van der Waals surface area contributed by atoms with Crippen molar-refractivity contribution in [2.24, 2.45) is 17.3 Å². The fourth-order valence-corrected chi connectivity index (χ4v) is 4.61. The van der Waals surface area contributed by atoms with Gasteiger partial charge >= 0.3 is 11.9 Å². The average molecular weight is 282 g/mol. The first kappa shape index (κ1) is 15.3. The Morgan fingerprint density at radius 2 is 1.35 bits per heavy atom. The van der Waals surface area contributed by atoms with E-state index in [4.69, 9.17) is 5.11 Å². The number of rotatable bonds is 7. The van der Waals surface area contributed by atoms with Crippen LogP contribution in [0.3, 0.4) is 0 Å². The second-order valence-corrected chi connectivity index (χ2v) is 6.56. The summed E-state index contributed by atoms with van der Waals surface area (Å²) >= 11 is 0. The quantitative estimate of drug-likeness (QED) is 0.746. The molecule has 4 heteroatoms. The third kappa shape index (κ3) is 2.99. The highest BCUT2D eigenvalue weighted by Crippen LogP contribution is 2.53. The van der Waals surface area contributed by atoms with Gasteiger partial charge in [0, 0.05) is 6.42 Å². The van der Waals surface area contributed by atoms with Crippen LogP contribution in [0.2, 0.25) is 0 Å². The molecule has 114 valence electrons. The molecule has 2 N–H and O–H groups in total. The standard InChI is InChI=1S/C16H26O4/c17-14(18)10-5-11-16(15(19)20,12-6-1-2-7-12)13-8-3-4-9-13/h12-13H,1-11H2,(H,17,18)(H,19,20). The van der Waals surface area contributed by atoms with Gasteiger partial charge in [0.2, 0.25) is 0 Å². The zero-order chi connectivity index (χ0) is 14.6. The molecule has 0 saturated heterocycles. The van der Waals surface area contributed by atoms with Gasteiger partial charge in [0.25, 0.3) is 0 Å². The Bertz CT molecular complexity index is 335. The van der Waals surface area contributed by atoms with Gasteiger partial charge < -0.3 is 10.2 Å². The maximum atomic E-state index is 12.1. The van der Waals surface area contributed by atoms with Gasteiger partial charge in [0.15, 0.2) is 0 Å². The van der Waals surface area contributed by atoms with Crippen LogP contribution in [0.1, 0.15) is 70.6 Å². The summed E-state index contributed by atoms with van der Waals surface area (Å²) in [6.45, 7) is 0. The van der Waals surface area contributed by atoms with Crippen molar-refractivity contribution in [2.45, 2.75) is 70.6 Å². The number of hydrogen-bond acceptors (Lipinski definition) is 2. The molecule has 0 spiro atoms. The third-order valence-corrected chi connectivity index (χ3v) is 5.55. The summed E-state index contributed by atoms with van der Waals surface area (Å²) < 4.78 is 0. The van der Waals surface area contributed by atoms with E-state index in [1.165, 1.54) is 0 Å². The molecule has 0 aliphatic heterocycles. The number of aliphatic carboxylic acids is 2. The van der Waals surface area contributed by atoms with E-state index in [1.54, 1.807) is 0 Å². The summed E-state index contributed by atoms with van der Waals surface area (Å²) in [4.78, 5) is 22.9. The lowest BCUT2D eigenvalue weighted by Crippen LogP contribution is -2.43. The van der Waals surface area contributed by atoms with E-state index >= 15 is 0 Å². The van der Waals surface area contributed by atoms with Crippen LogP contribution in [0.25, 0.3) is 0 Å². The SMILES string of the molecule is O=C(O)CCCC(C(=O)O)(C1CCCC1)C1CCCC1. The van der Waals surface area contributed by atoms with E-state index in [2.05, 4.69) is 0 Å². The van der Waals surface area contributed by atoms with Crippen LogP contribution in [0.15, 0.2) is 0 Å². The molecule has 2 fully saturated rings. The topological polar surface area (TPSA) is 74.6 Å². The van der Waals surface area contributed by atoms with E-state index in [1.807, 2.05) is 0 Å². The molecule has 2 aliphatic carbocycles. The van der Waals surface area contributed by atoms with Crippen LogP contribution in [0.4, 0.5) is 0 Å². The van der Waals surface area contributed by atoms with Crippen molar-refractivity contribution in [3.05, 3.63) is 0 Å². The molecule has 2 rings (SSSR count). The van der Waals surface area contributed by atoms with Crippen molar-refractivity contribution < 1.29 is 19.8 Å². The summed E-state index contributed by atoms with van der Waals surface area (Å²) in [5.74, 6) is -0.961. The Hall–Kier alpha value is -1.06. The summed E-state index contributed by atoms with van der Waals surface area (Å²) in [7, 11) is 0. The monoisotopic (exact) mass is 282 g/mol. The van der Waals surface area contributed by atoms with Gasteiger partial charge in [-0.25, -0.2) is 0 Å². The Kier molecular flexibility index (Phi) is 5.06. The van der Waals surface area contributed by atoms with Gasteiger partial charge in [0.05, 0.1) is 5.41 Å². The molecule has 0 aromatic carbocycles. The van der Waals surface area contributed by atoms with Crippen molar-refractivity contribution in [1.82, 2.24) is 0 Å². The zero-order valence-electron chi connectivity index (χ0n) is 12.1. The molecular formula is C16H26O4. The molecule has 0 unspecified atom stereocenters. The lowest BCUT2D eigenvalue weighted by Gasteiger charge is -2.40. The van der Waals surface area contributed by atoms with Gasteiger partial charge in [-0.15, -0.1) is 0 Å². The van der Waals surface area contributed by atoms with Gasteiger partial charge in [-0.2, -0.15) is 0 Å². The minimum absolute atomic E-state index is 0.0917. The Morgan fingerprint density at radius 1 is 0.900 bits per heavy atom. The van der Waals surface area contributed by atoms with Gasteiger partial charge in [0.1, 0.15) is 0 Å². The van der Waals surface area contributed by atoms with Crippen molar-refractivity contribution >= 4 is 11.9 Å². The molecule has 0 bridgehead atoms. The van der Waals surface area contributed by atoms with Crippen LogP contribution < -0.4 is 0 Å². The fourth-order valence-electron chi connectivity index (χ4n) is 4.61. The van der Waals surface area contributed by atoms with E-state index in [0.29, 0.717) is 12.8 Å². The fraction of sp³-hybridized carbons (Fsp3) is 0.875. The van der Waals surface area contributed by atoms with Crippen LogP contribution in [0, 0.1) is 17.3 Å². The summed E-state index contributed by atoms with van der Waals surface area (Å²) in [6.07, 6.45) is 9.69. The van der Waals surface area contributed by atoms with Crippen LogP contribution in [-0.2, 0) is 9.59 Å². The molecule has 4 nitrogen and oxygen atoms in total. The van der Waals surface area contributed by atoms with Crippen molar-refractivity contribution in [3.8, 4) is 0 Å². The molecule has 2 aliphatic rings. The normalized spacial score (nSPS) is 21.4. The molecule has 0 atom stereocenters. The van der Waals surface area contributed by atoms with E-state index in [9.17, 15) is 14.7 Å². The first-order valence-electron chi connectivity index (χ1n) is 8.02. The Morgan fingerprint density at radius 3 is 1.70 bits per heavy atom. The van der Waals surface area contributed by atoms with Gasteiger partial charge in [-0.1, -0.05) is 25.7 Å². The molecular weight excluding hydrogens is 256 g/mol. The van der Waals surface area contributed by atoms with Gasteiger partial charge in [-0.05, 0) is 50.4 Å². The van der Waals surface area contributed by atoms with Gasteiger partial charge in [-0.3, -0.25) is 9.59 Å². The second kappa shape index (κ2) is 6.59. The lowest BCUT2D eigenvalue weighted by atomic mass is 9.62. The van der Waals surface area contributed by atoms with E-state index < -0.39 is 17.4 Å². The summed E-state index contributed by atoms with van der Waals surface area (Å²) in [6, 6.07) is 0. The molecule has 0 aromatic rings. The number of carbonyl (C=O) groups is 2. The molecule has 20 heavy (non-hydrogen) atoms. The van der Waals surface area contributed by atoms with Crippen molar-refractivity contribution in [3.63, 3.8) is 0 Å². The average Bonchev–Trinajstić information content (AvgIpc) is 3.06. The predicted molar refractivity (Wildman–Crippen MR) is 75.5 cm³/mol. The predicted octanol–water partition coefficient (Wildman–Crippen LogP) is 3.69.